The number of carbonyl (C=O) groups is 1. The highest BCUT2D eigenvalue weighted by molar-refractivity contribution is 7.98. The van der Waals surface area contributed by atoms with Crippen LogP contribution in [-0.2, 0) is 5.75 Å². The second-order valence-electron chi connectivity index (χ2n) is 4.24. The van der Waals surface area contributed by atoms with Gasteiger partial charge in [-0.1, -0.05) is 16.9 Å². The normalized spacial score (nSPS) is 11.1. The first-order valence-electron chi connectivity index (χ1n) is 5.95. The summed E-state index contributed by atoms with van der Waals surface area (Å²) in [7, 11) is 0. The van der Waals surface area contributed by atoms with Crippen LogP contribution in [0.15, 0.2) is 15.9 Å². The molecule has 0 amide bonds. The lowest BCUT2D eigenvalue weighted by atomic mass is 10.2. The molecule has 0 radical (unpaired) electrons. The lowest BCUT2D eigenvalue weighted by Gasteiger charge is -2.00. The second kappa shape index (κ2) is 5.41. The van der Waals surface area contributed by atoms with E-state index in [0.717, 1.165) is 21.7 Å². The lowest BCUT2D eigenvalue weighted by Crippen LogP contribution is -1.94. The predicted octanol–water partition coefficient (Wildman–Crippen LogP) is 2.68. The summed E-state index contributed by atoms with van der Waals surface area (Å²) in [5, 5.41) is 14.4. The van der Waals surface area contributed by atoms with Crippen LogP contribution in [-0.4, -0.2) is 31.2 Å². The average Bonchev–Trinajstić information content (AvgIpc) is 3.01. The molecule has 0 fully saturated rings. The maximum Gasteiger partial charge on any atom is 0.346 e. The van der Waals surface area contributed by atoms with Gasteiger partial charge < -0.3 is 9.63 Å². The van der Waals surface area contributed by atoms with Gasteiger partial charge in [0.25, 0.3) is 0 Å². The number of carboxylic acids is 1. The fourth-order valence-electron chi connectivity index (χ4n) is 1.88. The monoisotopic (exact) mass is 322 g/mol. The number of carboxylic acid groups (broad SMARTS) is 1. The molecule has 7 nitrogen and oxygen atoms in total. The van der Waals surface area contributed by atoms with Gasteiger partial charge in [-0.05, 0) is 19.4 Å². The summed E-state index contributed by atoms with van der Waals surface area (Å²) in [5.41, 5.74) is 0.687. The van der Waals surface area contributed by atoms with Gasteiger partial charge in [0.2, 0.25) is 5.89 Å². The summed E-state index contributed by atoms with van der Waals surface area (Å²) in [4.78, 5) is 24.7. The van der Waals surface area contributed by atoms with Gasteiger partial charge in [-0.15, -0.1) is 11.3 Å². The van der Waals surface area contributed by atoms with Crippen molar-refractivity contribution in [3.63, 3.8) is 0 Å². The Morgan fingerprint density at radius 2 is 2.24 bits per heavy atom. The fourth-order valence-corrected chi connectivity index (χ4v) is 3.83. The zero-order chi connectivity index (χ0) is 15.0. The quantitative estimate of drug-likeness (QED) is 0.578. The molecule has 0 atom stereocenters. The summed E-state index contributed by atoms with van der Waals surface area (Å²) in [6, 6.07) is 0. The molecular weight excluding hydrogens is 312 g/mol. The highest BCUT2D eigenvalue weighted by Crippen LogP contribution is 2.35. The van der Waals surface area contributed by atoms with Gasteiger partial charge in [0.15, 0.2) is 5.82 Å². The van der Waals surface area contributed by atoms with Gasteiger partial charge in [-0.2, -0.15) is 4.98 Å². The van der Waals surface area contributed by atoms with Crippen molar-refractivity contribution in [2.75, 3.05) is 0 Å². The van der Waals surface area contributed by atoms with Crippen LogP contribution in [0.5, 0.6) is 0 Å². The minimum Gasteiger partial charge on any atom is -0.477 e. The minimum atomic E-state index is -0.945. The van der Waals surface area contributed by atoms with Crippen LogP contribution < -0.4 is 0 Å². The van der Waals surface area contributed by atoms with Gasteiger partial charge >= 0.3 is 5.97 Å². The van der Waals surface area contributed by atoms with E-state index in [4.69, 9.17) is 4.52 Å². The molecule has 3 aromatic heterocycles. The number of aromatic carboxylic acids is 1. The number of fused-ring (bicyclic) bond motifs is 1. The molecule has 0 aliphatic heterocycles. The molecule has 0 bridgehead atoms. The molecule has 0 spiro atoms. The number of thioether (sulfide) groups is 1. The van der Waals surface area contributed by atoms with E-state index in [1.54, 1.807) is 13.8 Å². The van der Waals surface area contributed by atoms with E-state index in [2.05, 4.69) is 20.1 Å². The summed E-state index contributed by atoms with van der Waals surface area (Å²) in [6.07, 6.45) is 1.44. The lowest BCUT2D eigenvalue weighted by molar-refractivity contribution is 0.0701. The Morgan fingerprint density at radius 1 is 1.43 bits per heavy atom. The molecule has 3 heterocycles. The average molecular weight is 322 g/mol. The molecule has 0 aliphatic carbocycles. The molecular formula is C12H10N4O3S2. The van der Waals surface area contributed by atoms with E-state index < -0.39 is 5.97 Å². The molecule has 1 N–H and O–H groups in total. The Bertz CT molecular complexity index is 827. The minimum absolute atomic E-state index is 0.293. The maximum atomic E-state index is 11.2. The van der Waals surface area contributed by atoms with E-state index in [1.165, 1.54) is 18.1 Å². The molecule has 9 heteroatoms. The number of hydrogen-bond acceptors (Lipinski definition) is 8. The van der Waals surface area contributed by atoms with Gasteiger partial charge in [-0.25, -0.2) is 14.8 Å². The number of hydrogen-bond donors (Lipinski definition) is 1. The Kier molecular flexibility index (Phi) is 3.60. The van der Waals surface area contributed by atoms with Crippen molar-refractivity contribution in [1.29, 1.82) is 0 Å². The van der Waals surface area contributed by atoms with Crippen molar-refractivity contribution in [1.82, 2.24) is 20.1 Å². The first kappa shape index (κ1) is 14.0. The van der Waals surface area contributed by atoms with Crippen molar-refractivity contribution in [3.05, 3.63) is 28.5 Å². The van der Waals surface area contributed by atoms with Gasteiger partial charge in [0, 0.05) is 5.39 Å². The predicted molar refractivity (Wildman–Crippen MR) is 77.7 cm³/mol. The third kappa shape index (κ3) is 2.61. The van der Waals surface area contributed by atoms with Crippen LogP contribution in [0.1, 0.15) is 27.0 Å². The zero-order valence-electron chi connectivity index (χ0n) is 11.2. The smallest absolute Gasteiger partial charge is 0.346 e. The Hall–Kier alpha value is -2.00. The summed E-state index contributed by atoms with van der Waals surface area (Å²) in [6.45, 7) is 3.52. The van der Waals surface area contributed by atoms with Crippen molar-refractivity contribution in [3.8, 4) is 0 Å². The van der Waals surface area contributed by atoms with Crippen LogP contribution in [0.4, 0.5) is 0 Å². The standard InChI is InChI=1S/C12H10N4O3S2/c1-5-8-10(20-3-7-15-6(2)16-19-7)13-4-14-11(8)21-9(5)12(17)18/h4H,3H2,1-2H3,(H,17,18). The van der Waals surface area contributed by atoms with Gasteiger partial charge in [-0.3, -0.25) is 0 Å². The highest BCUT2D eigenvalue weighted by atomic mass is 32.2. The highest BCUT2D eigenvalue weighted by Gasteiger charge is 2.19. The van der Waals surface area contributed by atoms with Crippen molar-refractivity contribution >= 4 is 39.3 Å². The van der Waals surface area contributed by atoms with E-state index in [0.29, 0.717) is 32.7 Å². The SMILES string of the molecule is Cc1noc(CSc2ncnc3sc(C(=O)O)c(C)c23)n1. The Labute approximate surface area is 127 Å². The molecule has 3 rings (SSSR count). The molecule has 21 heavy (non-hydrogen) atoms. The van der Waals surface area contributed by atoms with Crippen molar-refractivity contribution in [2.24, 2.45) is 0 Å². The number of rotatable bonds is 4. The summed E-state index contributed by atoms with van der Waals surface area (Å²) >= 11 is 2.58. The largest absolute Gasteiger partial charge is 0.477 e. The van der Waals surface area contributed by atoms with Crippen molar-refractivity contribution in [2.45, 2.75) is 24.6 Å². The summed E-state index contributed by atoms with van der Waals surface area (Å²) in [5.74, 6) is 0.623. The van der Waals surface area contributed by atoms with Crippen LogP contribution in [0, 0.1) is 13.8 Å². The van der Waals surface area contributed by atoms with E-state index in [-0.39, 0.29) is 0 Å². The number of aryl methyl sites for hydroxylation is 2. The zero-order valence-corrected chi connectivity index (χ0v) is 12.8. The molecule has 108 valence electrons. The second-order valence-corrected chi connectivity index (χ2v) is 6.21. The van der Waals surface area contributed by atoms with Crippen LogP contribution in [0.2, 0.25) is 0 Å². The van der Waals surface area contributed by atoms with Crippen molar-refractivity contribution < 1.29 is 14.4 Å². The molecule has 0 aliphatic rings. The third-order valence-corrected chi connectivity index (χ3v) is 4.95. The topological polar surface area (TPSA) is 102 Å². The molecule has 0 aromatic carbocycles. The number of aromatic nitrogens is 4. The first-order valence-corrected chi connectivity index (χ1v) is 7.76. The van der Waals surface area contributed by atoms with E-state index >= 15 is 0 Å². The molecule has 0 saturated heterocycles. The molecule has 3 aromatic rings. The van der Waals surface area contributed by atoms with Crippen LogP contribution in [0.25, 0.3) is 10.2 Å². The van der Waals surface area contributed by atoms with Gasteiger partial charge in [0.1, 0.15) is 21.1 Å². The number of nitrogens with zero attached hydrogens (tertiary/aromatic N) is 4. The van der Waals surface area contributed by atoms with E-state index in [1.807, 2.05) is 0 Å². The number of thiophene rings is 1. The Morgan fingerprint density at radius 3 is 2.90 bits per heavy atom. The Balaban J connectivity index is 1.96. The van der Waals surface area contributed by atoms with Crippen LogP contribution >= 0.6 is 23.1 Å². The van der Waals surface area contributed by atoms with E-state index in [9.17, 15) is 9.90 Å². The maximum absolute atomic E-state index is 11.2. The third-order valence-electron chi connectivity index (χ3n) is 2.79. The molecule has 0 saturated carbocycles. The molecule has 0 unspecified atom stereocenters. The van der Waals surface area contributed by atoms with Crippen LogP contribution in [0.3, 0.4) is 0 Å². The summed E-state index contributed by atoms with van der Waals surface area (Å²) < 4.78 is 5.05. The fraction of sp³-hybridized carbons (Fsp3) is 0.250. The first-order chi connectivity index (χ1) is 10.1. The van der Waals surface area contributed by atoms with Gasteiger partial charge in [0.05, 0.1) is 5.75 Å².